The van der Waals surface area contributed by atoms with E-state index in [0.29, 0.717) is 0 Å². The van der Waals surface area contributed by atoms with E-state index in [-0.39, 0.29) is 18.4 Å². The van der Waals surface area contributed by atoms with E-state index in [2.05, 4.69) is 30.8 Å². The molecular weight excluding hydrogens is 218 g/mol. The van der Waals surface area contributed by atoms with E-state index in [1.54, 1.807) is 13.8 Å². The molecule has 1 amide bonds. The van der Waals surface area contributed by atoms with E-state index in [9.17, 15) is 9.59 Å². The highest BCUT2D eigenvalue weighted by atomic mass is 16.5. The lowest BCUT2D eigenvalue weighted by atomic mass is 10.2. The third kappa shape index (κ3) is 25.3. The summed E-state index contributed by atoms with van der Waals surface area (Å²) in [5.41, 5.74) is 0. The highest BCUT2D eigenvalue weighted by Gasteiger charge is 2.07. The van der Waals surface area contributed by atoms with Crippen molar-refractivity contribution in [3.63, 3.8) is 0 Å². The number of hydrogen-bond acceptors (Lipinski definition) is 3. The summed E-state index contributed by atoms with van der Waals surface area (Å²) >= 11 is 0. The van der Waals surface area contributed by atoms with Crippen LogP contribution in [-0.4, -0.2) is 25.5 Å². The van der Waals surface area contributed by atoms with Gasteiger partial charge in [-0.15, -0.1) is 0 Å². The Morgan fingerprint density at radius 3 is 1.65 bits per heavy atom. The van der Waals surface area contributed by atoms with Crippen molar-refractivity contribution in [2.45, 2.75) is 48.5 Å². The Kier molecular flexibility index (Phi) is 18.7. The summed E-state index contributed by atoms with van der Waals surface area (Å²) in [6.07, 6.45) is 0. The lowest BCUT2D eigenvalue weighted by Gasteiger charge is -2.05. The van der Waals surface area contributed by atoms with Crippen LogP contribution in [0.25, 0.3) is 0 Å². The largest absolute Gasteiger partial charge is 0.468 e. The Morgan fingerprint density at radius 2 is 1.41 bits per heavy atom. The van der Waals surface area contributed by atoms with Crippen molar-refractivity contribution in [2.75, 3.05) is 13.7 Å². The van der Waals surface area contributed by atoms with Crippen molar-refractivity contribution < 1.29 is 14.3 Å². The summed E-state index contributed by atoms with van der Waals surface area (Å²) in [6, 6.07) is 0. The monoisotopic (exact) mass is 247 g/mol. The van der Waals surface area contributed by atoms with Gasteiger partial charge >= 0.3 is 5.97 Å². The predicted octanol–water partition coefficient (Wildman–Crippen LogP) is 2.62. The summed E-state index contributed by atoms with van der Waals surface area (Å²) in [5.74, 6) is 0.161. The Labute approximate surface area is 106 Å². The van der Waals surface area contributed by atoms with E-state index in [0.717, 1.165) is 5.92 Å². The van der Waals surface area contributed by atoms with E-state index in [4.69, 9.17) is 0 Å². The van der Waals surface area contributed by atoms with Gasteiger partial charge in [0.1, 0.15) is 6.54 Å². The predicted molar refractivity (Wildman–Crippen MR) is 71.7 cm³/mol. The second-order valence-electron chi connectivity index (χ2n) is 4.18. The van der Waals surface area contributed by atoms with Crippen LogP contribution in [0.15, 0.2) is 0 Å². The molecule has 0 aliphatic rings. The third-order valence-corrected chi connectivity index (χ3v) is 1.16. The number of carbonyl (C=O) groups excluding carboxylic acids is 2. The molecule has 0 fully saturated rings. The van der Waals surface area contributed by atoms with Gasteiger partial charge in [0.15, 0.2) is 0 Å². The minimum Gasteiger partial charge on any atom is -0.468 e. The van der Waals surface area contributed by atoms with Crippen molar-refractivity contribution in [3.8, 4) is 0 Å². The van der Waals surface area contributed by atoms with Gasteiger partial charge < -0.3 is 10.1 Å². The first-order valence-corrected chi connectivity index (χ1v) is 6.15. The molecule has 0 aliphatic carbocycles. The van der Waals surface area contributed by atoms with Crippen molar-refractivity contribution in [2.24, 2.45) is 11.8 Å². The Balaban J connectivity index is -0.000000275. The van der Waals surface area contributed by atoms with E-state index < -0.39 is 5.97 Å². The molecule has 0 rings (SSSR count). The van der Waals surface area contributed by atoms with Gasteiger partial charge in [0.2, 0.25) is 5.91 Å². The van der Waals surface area contributed by atoms with Crippen molar-refractivity contribution in [3.05, 3.63) is 0 Å². The van der Waals surface area contributed by atoms with Gasteiger partial charge in [0, 0.05) is 5.92 Å². The summed E-state index contributed by atoms with van der Waals surface area (Å²) in [5, 5.41) is 2.42. The van der Waals surface area contributed by atoms with Crippen molar-refractivity contribution in [1.82, 2.24) is 5.32 Å². The van der Waals surface area contributed by atoms with Gasteiger partial charge in [-0.05, 0) is 5.92 Å². The fourth-order valence-corrected chi connectivity index (χ4v) is 0.436. The quantitative estimate of drug-likeness (QED) is 0.780. The number of ether oxygens (including phenoxy) is 1. The van der Waals surface area contributed by atoms with E-state index in [1.165, 1.54) is 7.11 Å². The number of hydrogen-bond donors (Lipinski definition) is 1. The number of amides is 1. The maximum absolute atomic E-state index is 10.8. The first kappa shape index (κ1) is 21.2. The SMILES string of the molecule is CC.CC(C)C.COC(=O)CNC(=O)C(C)C. The van der Waals surface area contributed by atoms with Gasteiger partial charge in [0.25, 0.3) is 0 Å². The maximum atomic E-state index is 10.8. The second kappa shape index (κ2) is 14.9. The Hall–Kier alpha value is -1.06. The molecule has 0 aliphatic heterocycles. The molecule has 17 heavy (non-hydrogen) atoms. The van der Waals surface area contributed by atoms with E-state index >= 15 is 0 Å². The lowest BCUT2D eigenvalue weighted by Crippen LogP contribution is -2.33. The van der Waals surface area contributed by atoms with Crippen LogP contribution < -0.4 is 5.32 Å². The zero-order valence-corrected chi connectivity index (χ0v) is 12.6. The van der Waals surface area contributed by atoms with Gasteiger partial charge in [-0.3, -0.25) is 9.59 Å². The highest BCUT2D eigenvalue weighted by molar-refractivity contribution is 5.82. The molecule has 104 valence electrons. The molecule has 0 unspecified atom stereocenters. The van der Waals surface area contributed by atoms with Crippen molar-refractivity contribution in [1.29, 1.82) is 0 Å². The summed E-state index contributed by atoms with van der Waals surface area (Å²) in [4.78, 5) is 21.3. The molecule has 1 N–H and O–H groups in total. The summed E-state index contributed by atoms with van der Waals surface area (Å²) in [7, 11) is 1.28. The van der Waals surface area contributed by atoms with Crippen molar-refractivity contribution >= 4 is 11.9 Å². The van der Waals surface area contributed by atoms with Crippen LogP contribution in [-0.2, 0) is 14.3 Å². The molecule has 0 aromatic carbocycles. The topological polar surface area (TPSA) is 55.4 Å². The zero-order valence-electron chi connectivity index (χ0n) is 12.6. The third-order valence-electron chi connectivity index (χ3n) is 1.16. The highest BCUT2D eigenvalue weighted by Crippen LogP contribution is 1.89. The second-order valence-corrected chi connectivity index (χ2v) is 4.18. The number of methoxy groups -OCH3 is 1. The summed E-state index contributed by atoms with van der Waals surface area (Å²) in [6.45, 7) is 14.0. The van der Waals surface area contributed by atoms with Crippen LogP contribution in [0.5, 0.6) is 0 Å². The molecule has 0 atom stereocenters. The fourth-order valence-electron chi connectivity index (χ4n) is 0.436. The van der Waals surface area contributed by atoms with Crippen LogP contribution in [0.3, 0.4) is 0 Å². The van der Waals surface area contributed by atoms with E-state index in [1.807, 2.05) is 13.8 Å². The molecule has 0 heterocycles. The zero-order chi connectivity index (χ0) is 14.4. The summed E-state index contributed by atoms with van der Waals surface area (Å²) < 4.78 is 4.33. The first-order valence-electron chi connectivity index (χ1n) is 6.15. The maximum Gasteiger partial charge on any atom is 0.325 e. The number of carbonyl (C=O) groups is 2. The molecule has 0 radical (unpaired) electrons. The molecular formula is C13H29NO3. The van der Waals surface area contributed by atoms with Gasteiger partial charge in [-0.1, -0.05) is 48.5 Å². The fraction of sp³-hybridized carbons (Fsp3) is 0.846. The first-order chi connectivity index (χ1) is 7.81. The molecule has 0 aromatic heterocycles. The number of esters is 1. The van der Waals surface area contributed by atoms with Crippen LogP contribution in [0, 0.1) is 11.8 Å². The number of rotatable bonds is 3. The minimum atomic E-state index is -0.431. The molecule has 0 bridgehead atoms. The standard InChI is InChI=1S/C7H13NO3.C4H10.C2H6/c1-5(2)7(10)8-4-6(9)11-3;1-4(2)3;1-2/h5H,4H2,1-3H3,(H,8,10);4H,1-3H3;1-2H3. The molecule has 0 saturated heterocycles. The van der Waals surface area contributed by atoms with Gasteiger partial charge in [0.05, 0.1) is 7.11 Å². The normalized spacial score (nSPS) is 8.59. The molecule has 4 nitrogen and oxygen atoms in total. The smallest absolute Gasteiger partial charge is 0.325 e. The van der Waals surface area contributed by atoms with Crippen LogP contribution in [0.4, 0.5) is 0 Å². The molecule has 0 aromatic rings. The Morgan fingerprint density at radius 1 is 1.06 bits per heavy atom. The average molecular weight is 247 g/mol. The molecule has 4 heteroatoms. The lowest BCUT2D eigenvalue weighted by molar-refractivity contribution is -0.141. The number of nitrogens with one attached hydrogen (secondary N) is 1. The van der Waals surface area contributed by atoms with Gasteiger partial charge in [-0.25, -0.2) is 0 Å². The Bertz CT molecular complexity index is 186. The van der Waals surface area contributed by atoms with Crippen LogP contribution in [0.2, 0.25) is 0 Å². The molecule has 0 saturated carbocycles. The van der Waals surface area contributed by atoms with Gasteiger partial charge in [-0.2, -0.15) is 0 Å². The average Bonchev–Trinajstić information content (AvgIpc) is 2.27. The van der Waals surface area contributed by atoms with Crippen LogP contribution in [0.1, 0.15) is 48.5 Å². The molecule has 0 spiro atoms. The minimum absolute atomic E-state index is 0.0481. The van der Waals surface area contributed by atoms with Crippen LogP contribution >= 0.6 is 0 Å².